The van der Waals surface area contributed by atoms with Gasteiger partial charge in [0, 0.05) is 0 Å². The van der Waals surface area contributed by atoms with Gasteiger partial charge in [0.15, 0.2) is 0 Å². The SMILES string of the molecule is CCCCCCCCCCCCC1CCCNCC1. The van der Waals surface area contributed by atoms with Crippen molar-refractivity contribution in [3.63, 3.8) is 0 Å². The van der Waals surface area contributed by atoms with Crippen LogP contribution in [-0.4, -0.2) is 13.1 Å². The van der Waals surface area contributed by atoms with Gasteiger partial charge in [0.1, 0.15) is 0 Å². The molecular weight excluding hydrogens is 230 g/mol. The average Bonchev–Trinajstić information content (AvgIpc) is 2.69. The van der Waals surface area contributed by atoms with E-state index in [0.717, 1.165) is 5.92 Å². The van der Waals surface area contributed by atoms with Crippen LogP contribution in [0.5, 0.6) is 0 Å². The summed E-state index contributed by atoms with van der Waals surface area (Å²) < 4.78 is 0. The van der Waals surface area contributed by atoms with E-state index < -0.39 is 0 Å². The highest BCUT2D eigenvalue weighted by molar-refractivity contribution is 4.66. The summed E-state index contributed by atoms with van der Waals surface area (Å²) >= 11 is 0. The number of unbranched alkanes of at least 4 members (excludes halogenated alkanes) is 9. The maximum Gasteiger partial charge on any atom is -0.00463 e. The van der Waals surface area contributed by atoms with Crippen LogP contribution in [0, 0.1) is 5.92 Å². The third kappa shape index (κ3) is 10.4. The minimum absolute atomic E-state index is 1.03. The molecule has 0 bridgehead atoms. The van der Waals surface area contributed by atoms with Crippen LogP contribution in [-0.2, 0) is 0 Å². The fraction of sp³-hybridized carbons (Fsp3) is 1.00. The molecule has 0 aliphatic carbocycles. The van der Waals surface area contributed by atoms with Gasteiger partial charge >= 0.3 is 0 Å². The van der Waals surface area contributed by atoms with Crippen LogP contribution in [0.1, 0.15) is 96.8 Å². The Hall–Kier alpha value is -0.0400. The van der Waals surface area contributed by atoms with Gasteiger partial charge in [-0.1, -0.05) is 77.6 Å². The van der Waals surface area contributed by atoms with E-state index in [-0.39, 0.29) is 0 Å². The maximum absolute atomic E-state index is 3.52. The third-order valence-corrected chi connectivity index (χ3v) is 4.66. The summed E-state index contributed by atoms with van der Waals surface area (Å²) in [6, 6.07) is 0. The Kier molecular flexibility index (Phi) is 11.6. The summed E-state index contributed by atoms with van der Waals surface area (Å²) in [5.74, 6) is 1.03. The molecule has 0 spiro atoms. The van der Waals surface area contributed by atoms with Gasteiger partial charge in [-0.15, -0.1) is 0 Å². The van der Waals surface area contributed by atoms with Crippen molar-refractivity contribution >= 4 is 0 Å². The second kappa shape index (κ2) is 13.0. The van der Waals surface area contributed by atoms with Gasteiger partial charge in [0.05, 0.1) is 0 Å². The quantitative estimate of drug-likeness (QED) is 0.474. The number of nitrogens with one attached hydrogen (secondary N) is 1. The predicted octanol–water partition coefficient (Wildman–Crippen LogP) is 5.69. The second-order valence-corrected chi connectivity index (χ2v) is 6.52. The first-order valence-corrected chi connectivity index (χ1v) is 9.14. The van der Waals surface area contributed by atoms with E-state index in [1.807, 2.05) is 0 Å². The first-order chi connectivity index (χ1) is 9.43. The molecule has 1 fully saturated rings. The Balaban J connectivity index is 1.78. The summed E-state index contributed by atoms with van der Waals surface area (Å²) in [6.07, 6.45) is 20.5. The molecule has 0 saturated carbocycles. The fourth-order valence-electron chi connectivity index (χ4n) is 3.30. The van der Waals surface area contributed by atoms with Crippen molar-refractivity contribution in [2.24, 2.45) is 5.92 Å². The molecule has 1 N–H and O–H groups in total. The van der Waals surface area contributed by atoms with E-state index in [0.29, 0.717) is 0 Å². The van der Waals surface area contributed by atoms with E-state index in [9.17, 15) is 0 Å². The third-order valence-electron chi connectivity index (χ3n) is 4.66. The zero-order chi connectivity index (χ0) is 13.6. The van der Waals surface area contributed by atoms with E-state index in [1.54, 1.807) is 0 Å². The fourth-order valence-corrected chi connectivity index (χ4v) is 3.30. The van der Waals surface area contributed by atoms with Crippen LogP contribution in [0.4, 0.5) is 0 Å². The van der Waals surface area contributed by atoms with Gasteiger partial charge in [-0.2, -0.15) is 0 Å². The Morgan fingerprint density at radius 2 is 1.37 bits per heavy atom. The molecule has 0 aromatic rings. The van der Waals surface area contributed by atoms with Crippen molar-refractivity contribution in [2.45, 2.75) is 96.8 Å². The molecule has 19 heavy (non-hydrogen) atoms. The molecule has 1 heterocycles. The van der Waals surface area contributed by atoms with E-state index >= 15 is 0 Å². The van der Waals surface area contributed by atoms with Gasteiger partial charge < -0.3 is 5.32 Å². The summed E-state index contributed by atoms with van der Waals surface area (Å²) in [5, 5.41) is 3.52. The zero-order valence-electron chi connectivity index (χ0n) is 13.4. The minimum Gasteiger partial charge on any atom is -0.317 e. The highest BCUT2D eigenvalue weighted by atomic mass is 14.8. The minimum atomic E-state index is 1.03. The lowest BCUT2D eigenvalue weighted by Gasteiger charge is -2.12. The number of hydrogen-bond acceptors (Lipinski definition) is 1. The lowest BCUT2D eigenvalue weighted by molar-refractivity contribution is 0.412. The molecular formula is C18H37N. The van der Waals surface area contributed by atoms with Crippen molar-refractivity contribution in [1.82, 2.24) is 5.32 Å². The Bertz CT molecular complexity index is 171. The summed E-state index contributed by atoms with van der Waals surface area (Å²) in [4.78, 5) is 0. The van der Waals surface area contributed by atoms with Crippen molar-refractivity contribution in [1.29, 1.82) is 0 Å². The topological polar surface area (TPSA) is 12.0 Å². The summed E-state index contributed by atoms with van der Waals surface area (Å²) in [6.45, 7) is 4.82. The van der Waals surface area contributed by atoms with Crippen LogP contribution in [0.3, 0.4) is 0 Å². The van der Waals surface area contributed by atoms with E-state index in [1.165, 1.54) is 103 Å². The van der Waals surface area contributed by atoms with Crippen LogP contribution in [0.15, 0.2) is 0 Å². The molecule has 1 rings (SSSR count). The van der Waals surface area contributed by atoms with Crippen molar-refractivity contribution < 1.29 is 0 Å². The van der Waals surface area contributed by atoms with Crippen LogP contribution in [0.2, 0.25) is 0 Å². The van der Waals surface area contributed by atoms with Gasteiger partial charge in [-0.05, 0) is 38.3 Å². The predicted molar refractivity (Wildman–Crippen MR) is 86.7 cm³/mol. The van der Waals surface area contributed by atoms with Crippen LogP contribution >= 0.6 is 0 Å². The molecule has 1 unspecified atom stereocenters. The highest BCUT2D eigenvalue weighted by Crippen LogP contribution is 2.21. The molecule has 0 aromatic heterocycles. The smallest absolute Gasteiger partial charge is 0.00463 e. The summed E-state index contributed by atoms with van der Waals surface area (Å²) in [7, 11) is 0. The molecule has 1 aliphatic rings. The number of rotatable bonds is 11. The molecule has 1 saturated heterocycles. The van der Waals surface area contributed by atoms with Crippen molar-refractivity contribution in [3.05, 3.63) is 0 Å². The van der Waals surface area contributed by atoms with Crippen molar-refractivity contribution in [3.8, 4) is 0 Å². The molecule has 0 radical (unpaired) electrons. The molecule has 114 valence electrons. The van der Waals surface area contributed by atoms with Crippen LogP contribution < -0.4 is 5.32 Å². The number of hydrogen-bond donors (Lipinski definition) is 1. The Morgan fingerprint density at radius 1 is 0.737 bits per heavy atom. The van der Waals surface area contributed by atoms with Crippen LogP contribution in [0.25, 0.3) is 0 Å². The van der Waals surface area contributed by atoms with Crippen molar-refractivity contribution in [2.75, 3.05) is 13.1 Å². The largest absolute Gasteiger partial charge is 0.317 e. The first-order valence-electron chi connectivity index (χ1n) is 9.14. The monoisotopic (exact) mass is 267 g/mol. The molecule has 1 nitrogen and oxygen atoms in total. The summed E-state index contributed by atoms with van der Waals surface area (Å²) in [5.41, 5.74) is 0. The zero-order valence-corrected chi connectivity index (χ0v) is 13.4. The maximum atomic E-state index is 3.52. The Morgan fingerprint density at radius 3 is 2.05 bits per heavy atom. The molecule has 1 aliphatic heterocycles. The lowest BCUT2D eigenvalue weighted by atomic mass is 9.93. The highest BCUT2D eigenvalue weighted by Gasteiger charge is 2.10. The van der Waals surface area contributed by atoms with Gasteiger partial charge in [-0.3, -0.25) is 0 Å². The van der Waals surface area contributed by atoms with E-state index in [2.05, 4.69) is 12.2 Å². The molecule has 0 aromatic carbocycles. The van der Waals surface area contributed by atoms with Gasteiger partial charge in [0.2, 0.25) is 0 Å². The average molecular weight is 268 g/mol. The van der Waals surface area contributed by atoms with Gasteiger partial charge in [-0.25, -0.2) is 0 Å². The second-order valence-electron chi connectivity index (χ2n) is 6.52. The normalized spacial score (nSPS) is 20.4. The molecule has 0 amide bonds. The van der Waals surface area contributed by atoms with E-state index in [4.69, 9.17) is 0 Å². The Labute approximate surface area is 121 Å². The molecule has 1 heteroatoms. The van der Waals surface area contributed by atoms with Gasteiger partial charge in [0.25, 0.3) is 0 Å². The first kappa shape index (κ1) is 17.0. The lowest BCUT2D eigenvalue weighted by Crippen LogP contribution is -2.14. The molecule has 1 atom stereocenters. The standard InChI is InChI=1S/C18H37N/c1-2-3-4-5-6-7-8-9-10-11-13-18-14-12-16-19-17-15-18/h18-19H,2-17H2,1H3.